The van der Waals surface area contributed by atoms with Gasteiger partial charge in [-0.25, -0.2) is 9.98 Å². The number of aliphatic imine (C=N–C) groups is 1. The van der Waals surface area contributed by atoms with Crippen molar-refractivity contribution in [2.45, 2.75) is 52.7 Å². The molecule has 27 heavy (non-hydrogen) atoms. The molecule has 0 amide bonds. The molecule has 146 valence electrons. The summed E-state index contributed by atoms with van der Waals surface area (Å²) < 4.78 is 0. The molecule has 1 aliphatic heterocycles. The Bertz CT molecular complexity index is 716. The number of benzene rings is 1. The maximum atomic E-state index is 4.72. The molecule has 2 N–H and O–H groups in total. The number of nitrogens with one attached hydrogen (secondary N) is 2. The lowest BCUT2D eigenvalue weighted by Crippen LogP contribution is -2.36. The van der Waals surface area contributed by atoms with Gasteiger partial charge in [0.05, 0.1) is 18.1 Å². The van der Waals surface area contributed by atoms with Gasteiger partial charge in [-0.3, -0.25) is 4.90 Å². The lowest BCUT2D eigenvalue weighted by atomic mass is 10.1. The van der Waals surface area contributed by atoms with Gasteiger partial charge in [0, 0.05) is 24.2 Å². The van der Waals surface area contributed by atoms with Crippen molar-refractivity contribution in [3.8, 4) is 0 Å². The van der Waals surface area contributed by atoms with Crippen LogP contribution in [0.1, 0.15) is 47.2 Å². The molecule has 5 nitrogen and oxygen atoms in total. The zero-order valence-corrected chi connectivity index (χ0v) is 17.3. The van der Waals surface area contributed by atoms with Crippen LogP contribution in [-0.4, -0.2) is 35.5 Å². The normalized spacial score (nSPS) is 15.7. The van der Waals surface area contributed by atoms with Gasteiger partial charge in [0.25, 0.3) is 0 Å². The summed E-state index contributed by atoms with van der Waals surface area (Å²) in [5.41, 5.74) is 2.64. The lowest BCUT2D eigenvalue weighted by molar-refractivity contribution is 0.221. The predicted molar refractivity (Wildman–Crippen MR) is 114 cm³/mol. The second-order valence-corrected chi connectivity index (χ2v) is 8.37. The van der Waals surface area contributed by atoms with Crippen LogP contribution < -0.4 is 10.6 Å². The summed E-state index contributed by atoms with van der Waals surface area (Å²) in [6, 6.07) is 8.91. The lowest BCUT2D eigenvalue weighted by Gasteiger charge is -2.26. The van der Waals surface area contributed by atoms with Crippen molar-refractivity contribution in [2.24, 2.45) is 4.99 Å². The first kappa shape index (κ1) is 19.8. The van der Waals surface area contributed by atoms with Gasteiger partial charge in [0.15, 0.2) is 5.96 Å². The second-order valence-electron chi connectivity index (χ2n) is 7.05. The number of thiazole rings is 1. The first-order valence-corrected chi connectivity index (χ1v) is 10.8. The average Bonchev–Trinajstić information content (AvgIpc) is 3.11. The number of aryl methyl sites for hydroxylation is 1. The number of likely N-dealkylation sites (tertiary alicyclic amines) is 1. The van der Waals surface area contributed by atoms with Crippen molar-refractivity contribution in [1.82, 2.24) is 20.5 Å². The van der Waals surface area contributed by atoms with Crippen molar-refractivity contribution in [1.29, 1.82) is 0 Å². The van der Waals surface area contributed by atoms with Gasteiger partial charge in [-0.15, -0.1) is 11.3 Å². The number of hydrogen-bond acceptors (Lipinski definition) is 4. The van der Waals surface area contributed by atoms with Gasteiger partial charge >= 0.3 is 0 Å². The highest BCUT2D eigenvalue weighted by atomic mass is 32.1. The molecule has 0 spiro atoms. The summed E-state index contributed by atoms with van der Waals surface area (Å²) in [4.78, 5) is 12.8. The Balaban J connectivity index is 1.51. The summed E-state index contributed by atoms with van der Waals surface area (Å²) >= 11 is 1.72. The van der Waals surface area contributed by atoms with Crippen LogP contribution in [0, 0.1) is 6.92 Å². The highest BCUT2D eigenvalue weighted by molar-refractivity contribution is 7.11. The maximum Gasteiger partial charge on any atom is 0.191 e. The van der Waals surface area contributed by atoms with E-state index in [-0.39, 0.29) is 0 Å². The molecule has 0 aliphatic carbocycles. The molecule has 1 aromatic heterocycles. The first-order valence-electron chi connectivity index (χ1n) is 9.96. The molecule has 0 atom stereocenters. The molecule has 1 aliphatic rings. The Hall–Kier alpha value is -1.92. The highest BCUT2D eigenvalue weighted by Crippen LogP contribution is 2.14. The van der Waals surface area contributed by atoms with Gasteiger partial charge in [-0.05, 0) is 50.9 Å². The summed E-state index contributed by atoms with van der Waals surface area (Å²) in [6.45, 7) is 9.95. The van der Waals surface area contributed by atoms with Crippen LogP contribution in [0.15, 0.2) is 35.5 Å². The standard InChI is InChI=1S/C21H31N5S/c1-3-22-21(25-15-20-14-23-17(2)27-20)24-13-18-7-9-19(10-8-18)16-26-11-5-4-6-12-26/h7-10,14H,3-6,11-13,15-16H2,1-2H3,(H2,22,24,25). The van der Waals surface area contributed by atoms with Crippen LogP contribution >= 0.6 is 11.3 Å². The van der Waals surface area contributed by atoms with Crippen molar-refractivity contribution in [3.63, 3.8) is 0 Å². The van der Waals surface area contributed by atoms with E-state index in [0.717, 1.165) is 30.6 Å². The number of guanidine groups is 1. The van der Waals surface area contributed by atoms with E-state index in [2.05, 4.69) is 51.7 Å². The number of piperidine rings is 1. The minimum Gasteiger partial charge on any atom is -0.357 e. The molecule has 1 aromatic carbocycles. The number of rotatable bonds is 7. The molecule has 0 radical (unpaired) electrons. The summed E-state index contributed by atoms with van der Waals surface area (Å²) in [5, 5.41) is 7.80. The van der Waals surface area contributed by atoms with Crippen LogP contribution in [0.4, 0.5) is 0 Å². The Labute approximate surface area is 166 Å². The second kappa shape index (κ2) is 10.4. The number of aromatic nitrogens is 1. The minimum atomic E-state index is 0.682. The third kappa shape index (κ3) is 6.63. The Morgan fingerprint density at radius 1 is 1.11 bits per heavy atom. The van der Waals surface area contributed by atoms with Crippen LogP contribution in [-0.2, 0) is 19.6 Å². The minimum absolute atomic E-state index is 0.682. The van der Waals surface area contributed by atoms with E-state index in [1.165, 1.54) is 48.4 Å². The zero-order valence-electron chi connectivity index (χ0n) is 16.5. The van der Waals surface area contributed by atoms with E-state index < -0.39 is 0 Å². The summed E-state index contributed by atoms with van der Waals surface area (Å²) in [7, 11) is 0. The van der Waals surface area contributed by atoms with Gasteiger partial charge in [-0.1, -0.05) is 30.7 Å². The van der Waals surface area contributed by atoms with Crippen molar-refractivity contribution in [3.05, 3.63) is 51.5 Å². The van der Waals surface area contributed by atoms with Crippen LogP contribution in [0.5, 0.6) is 0 Å². The summed E-state index contributed by atoms with van der Waals surface area (Å²) in [6.07, 6.45) is 6.00. The SMILES string of the molecule is CCNC(=NCc1ccc(CN2CCCCC2)cc1)NCc1cnc(C)s1. The average molecular weight is 386 g/mol. The van der Waals surface area contributed by atoms with E-state index in [0.29, 0.717) is 6.54 Å². The molecule has 6 heteroatoms. The van der Waals surface area contributed by atoms with Crippen molar-refractivity contribution < 1.29 is 0 Å². The van der Waals surface area contributed by atoms with Gasteiger partial charge in [-0.2, -0.15) is 0 Å². The Morgan fingerprint density at radius 3 is 2.52 bits per heavy atom. The molecule has 2 heterocycles. The largest absolute Gasteiger partial charge is 0.357 e. The Morgan fingerprint density at radius 2 is 1.85 bits per heavy atom. The van der Waals surface area contributed by atoms with Gasteiger partial charge in [0.2, 0.25) is 0 Å². The van der Waals surface area contributed by atoms with E-state index in [4.69, 9.17) is 4.99 Å². The number of nitrogens with zero attached hydrogens (tertiary/aromatic N) is 3. The molecule has 0 bridgehead atoms. The molecule has 1 fully saturated rings. The van der Waals surface area contributed by atoms with E-state index in [1.54, 1.807) is 11.3 Å². The third-order valence-electron chi connectivity index (χ3n) is 4.74. The first-order chi connectivity index (χ1) is 13.2. The monoisotopic (exact) mass is 385 g/mol. The van der Waals surface area contributed by atoms with Crippen molar-refractivity contribution >= 4 is 17.3 Å². The van der Waals surface area contributed by atoms with Crippen LogP contribution in [0.3, 0.4) is 0 Å². The van der Waals surface area contributed by atoms with Crippen molar-refractivity contribution in [2.75, 3.05) is 19.6 Å². The van der Waals surface area contributed by atoms with Crippen LogP contribution in [0.25, 0.3) is 0 Å². The molecule has 1 saturated heterocycles. The maximum absolute atomic E-state index is 4.72. The quantitative estimate of drug-likeness (QED) is 0.564. The van der Waals surface area contributed by atoms with Gasteiger partial charge in [0.1, 0.15) is 0 Å². The number of hydrogen-bond donors (Lipinski definition) is 2. The van der Waals surface area contributed by atoms with Crippen LogP contribution in [0.2, 0.25) is 0 Å². The fourth-order valence-electron chi connectivity index (χ4n) is 3.30. The van der Waals surface area contributed by atoms with E-state index >= 15 is 0 Å². The molecule has 3 rings (SSSR count). The predicted octanol–water partition coefficient (Wildman–Crippen LogP) is 3.69. The molecular formula is C21H31N5S. The fourth-order valence-corrected chi connectivity index (χ4v) is 4.03. The molecular weight excluding hydrogens is 354 g/mol. The fraction of sp³-hybridized carbons (Fsp3) is 0.524. The third-order valence-corrected chi connectivity index (χ3v) is 5.65. The van der Waals surface area contributed by atoms with E-state index in [1.807, 2.05) is 13.1 Å². The summed E-state index contributed by atoms with van der Waals surface area (Å²) in [5.74, 6) is 0.848. The zero-order chi connectivity index (χ0) is 18.9. The topological polar surface area (TPSA) is 52.6 Å². The van der Waals surface area contributed by atoms with Gasteiger partial charge < -0.3 is 10.6 Å². The molecule has 0 saturated carbocycles. The smallest absolute Gasteiger partial charge is 0.191 e. The Kier molecular flexibility index (Phi) is 7.66. The molecule has 0 unspecified atom stereocenters. The van der Waals surface area contributed by atoms with E-state index in [9.17, 15) is 0 Å². The molecule has 2 aromatic rings. The highest BCUT2D eigenvalue weighted by Gasteiger charge is 2.10.